The van der Waals surface area contributed by atoms with E-state index in [-0.39, 0.29) is 8.80 Å². The van der Waals surface area contributed by atoms with Crippen molar-refractivity contribution in [1.82, 2.24) is 0 Å². The smallest absolute Gasteiger partial charge is 0.0347 e. The first-order valence-corrected chi connectivity index (χ1v) is 5.02. The van der Waals surface area contributed by atoms with Crippen LogP contribution in [0.5, 0.6) is 0 Å². The highest BCUT2D eigenvalue weighted by atomic mass is 28.3. The first-order chi connectivity index (χ1) is 2.64. The molecule has 0 atom stereocenters. The maximum Gasteiger partial charge on any atom is 0.310 e. The van der Waals surface area contributed by atoms with E-state index in [2.05, 4.69) is 26.9 Å². The molecule has 0 saturated heterocycles. The third-order valence-electron chi connectivity index (χ3n) is 1.15. The summed E-state index contributed by atoms with van der Waals surface area (Å²) in [6, 6.07) is 0. The second-order valence-electron chi connectivity index (χ2n) is 2.23. The van der Waals surface area contributed by atoms with Crippen LogP contribution in [0.15, 0.2) is 0 Å². The Morgan fingerprint density at radius 3 is 1.33 bits per heavy atom. The standard InChI is InChI=1S/C5H13Si/c1-5(2)6(3)4/h5H,1-4H3/q+1. The lowest BCUT2D eigenvalue weighted by molar-refractivity contribution is 1.04. The van der Waals surface area contributed by atoms with Gasteiger partial charge in [-0.3, -0.25) is 0 Å². The molecule has 0 saturated carbocycles. The lowest BCUT2D eigenvalue weighted by atomic mass is 10.6. The van der Waals surface area contributed by atoms with Crippen LogP contribution in [0.3, 0.4) is 0 Å². The van der Waals surface area contributed by atoms with Gasteiger partial charge in [0.1, 0.15) is 0 Å². The maximum atomic E-state index is 2.34. The molecule has 0 aromatic heterocycles. The summed E-state index contributed by atoms with van der Waals surface area (Å²) in [4.78, 5) is 0. The predicted molar refractivity (Wildman–Crippen MR) is 32.6 cm³/mol. The summed E-state index contributed by atoms with van der Waals surface area (Å²) in [6.45, 7) is 9.26. The molecule has 0 aliphatic rings. The fourth-order valence-electron chi connectivity index (χ4n) is 0. The van der Waals surface area contributed by atoms with Crippen LogP contribution in [0.2, 0.25) is 18.6 Å². The Labute approximate surface area is 42.2 Å². The first-order valence-electron chi connectivity index (χ1n) is 2.44. The zero-order chi connectivity index (χ0) is 5.15. The Hall–Kier alpha value is 0.217. The van der Waals surface area contributed by atoms with Crippen molar-refractivity contribution in [2.75, 3.05) is 0 Å². The van der Waals surface area contributed by atoms with Gasteiger partial charge in [0.05, 0.1) is 18.6 Å². The summed E-state index contributed by atoms with van der Waals surface area (Å²) in [5.74, 6) is 0. The van der Waals surface area contributed by atoms with Crippen LogP contribution >= 0.6 is 0 Å². The molecule has 0 bridgehead atoms. The third-order valence-corrected chi connectivity index (χ3v) is 3.46. The monoisotopic (exact) mass is 101 g/mol. The van der Waals surface area contributed by atoms with Gasteiger partial charge in [0.15, 0.2) is 0 Å². The van der Waals surface area contributed by atoms with Crippen LogP contribution < -0.4 is 0 Å². The van der Waals surface area contributed by atoms with E-state index in [0.29, 0.717) is 0 Å². The summed E-state index contributed by atoms with van der Waals surface area (Å²) in [6.07, 6.45) is 0. The highest BCUT2D eigenvalue weighted by Gasteiger charge is 2.14. The predicted octanol–water partition coefficient (Wildman–Crippen LogP) is 2.15. The quantitative estimate of drug-likeness (QED) is 0.444. The van der Waals surface area contributed by atoms with Gasteiger partial charge in [0.25, 0.3) is 0 Å². The molecule has 0 aromatic carbocycles. The van der Waals surface area contributed by atoms with Crippen molar-refractivity contribution in [3.05, 3.63) is 0 Å². The molecule has 0 aliphatic carbocycles. The molecule has 0 spiro atoms. The van der Waals surface area contributed by atoms with Gasteiger partial charge in [-0.25, -0.2) is 0 Å². The maximum absolute atomic E-state index is 2.34. The molecule has 36 valence electrons. The van der Waals surface area contributed by atoms with E-state index in [1.54, 1.807) is 0 Å². The third kappa shape index (κ3) is 2.45. The highest BCUT2D eigenvalue weighted by Crippen LogP contribution is 2.04. The van der Waals surface area contributed by atoms with Crippen molar-refractivity contribution in [3.8, 4) is 0 Å². The molecule has 0 heterocycles. The zero-order valence-corrected chi connectivity index (χ0v) is 6.08. The van der Waals surface area contributed by atoms with Gasteiger partial charge in [0.2, 0.25) is 0 Å². The molecular weight excluding hydrogens is 88.1 g/mol. The number of hydrogen-bond donors (Lipinski definition) is 0. The highest BCUT2D eigenvalue weighted by molar-refractivity contribution is 6.57. The molecule has 6 heavy (non-hydrogen) atoms. The average molecular weight is 101 g/mol. The molecule has 0 N–H and O–H groups in total. The summed E-state index contributed by atoms with van der Waals surface area (Å²) >= 11 is 0. The van der Waals surface area contributed by atoms with E-state index >= 15 is 0 Å². The molecule has 1 heteroatoms. The van der Waals surface area contributed by atoms with Crippen molar-refractivity contribution >= 4 is 8.80 Å². The van der Waals surface area contributed by atoms with Gasteiger partial charge in [-0.05, 0) is 13.8 Å². The molecule has 0 amide bonds. The van der Waals surface area contributed by atoms with Gasteiger partial charge in [-0.1, -0.05) is 0 Å². The zero-order valence-electron chi connectivity index (χ0n) is 5.08. The Kier molecular flexibility index (Phi) is 2.49. The van der Waals surface area contributed by atoms with Gasteiger partial charge >= 0.3 is 8.80 Å². The van der Waals surface area contributed by atoms with E-state index < -0.39 is 0 Å². The van der Waals surface area contributed by atoms with Crippen LogP contribution in [-0.4, -0.2) is 8.80 Å². The van der Waals surface area contributed by atoms with E-state index in [9.17, 15) is 0 Å². The van der Waals surface area contributed by atoms with E-state index in [1.165, 1.54) is 0 Å². The number of hydrogen-bond acceptors (Lipinski definition) is 0. The minimum Gasteiger partial charge on any atom is -0.0347 e. The van der Waals surface area contributed by atoms with Crippen molar-refractivity contribution in [3.63, 3.8) is 0 Å². The summed E-state index contributed by atoms with van der Waals surface area (Å²) in [7, 11) is 0.0484. The molecule has 0 radical (unpaired) electrons. The second-order valence-corrected chi connectivity index (χ2v) is 5.54. The fourth-order valence-corrected chi connectivity index (χ4v) is 0. The Bertz CT molecular complexity index is 24.9. The lowest BCUT2D eigenvalue weighted by Crippen LogP contribution is -2.03. The molecule has 0 unspecified atom stereocenters. The summed E-state index contributed by atoms with van der Waals surface area (Å²) in [5.41, 5.74) is 0.954. The Morgan fingerprint density at radius 2 is 1.33 bits per heavy atom. The van der Waals surface area contributed by atoms with Crippen LogP contribution in [0.4, 0.5) is 0 Å². The first kappa shape index (κ1) is 6.22. The normalized spacial score (nSPS) is 9.50. The lowest BCUT2D eigenvalue weighted by Gasteiger charge is -1.88. The van der Waals surface area contributed by atoms with Crippen LogP contribution in [0.1, 0.15) is 13.8 Å². The van der Waals surface area contributed by atoms with Gasteiger partial charge in [-0.15, -0.1) is 0 Å². The Morgan fingerprint density at radius 1 is 1.17 bits per heavy atom. The second kappa shape index (κ2) is 2.40. The molecule has 0 nitrogen and oxygen atoms in total. The van der Waals surface area contributed by atoms with Gasteiger partial charge < -0.3 is 0 Å². The molecule has 0 aromatic rings. The van der Waals surface area contributed by atoms with E-state index in [0.717, 1.165) is 5.54 Å². The minimum absolute atomic E-state index is 0.0484. The molecule has 0 fully saturated rings. The van der Waals surface area contributed by atoms with Crippen molar-refractivity contribution in [2.24, 2.45) is 0 Å². The van der Waals surface area contributed by atoms with Crippen molar-refractivity contribution < 1.29 is 0 Å². The SMILES string of the molecule is CC(C)[Si+](C)C. The van der Waals surface area contributed by atoms with E-state index in [1.807, 2.05) is 0 Å². The topological polar surface area (TPSA) is 0 Å². The molecular formula is C5H13Si+. The van der Waals surface area contributed by atoms with Crippen LogP contribution in [0.25, 0.3) is 0 Å². The van der Waals surface area contributed by atoms with Crippen molar-refractivity contribution in [2.45, 2.75) is 32.5 Å². The molecule has 0 aliphatic heterocycles. The summed E-state index contributed by atoms with van der Waals surface area (Å²) in [5, 5.41) is 0. The van der Waals surface area contributed by atoms with Crippen LogP contribution in [-0.2, 0) is 0 Å². The van der Waals surface area contributed by atoms with Crippen molar-refractivity contribution in [1.29, 1.82) is 0 Å². The molecule has 0 rings (SSSR count). The summed E-state index contributed by atoms with van der Waals surface area (Å²) < 4.78 is 0. The Balaban J connectivity index is 2.99. The van der Waals surface area contributed by atoms with E-state index in [4.69, 9.17) is 0 Å². The number of rotatable bonds is 1. The largest absolute Gasteiger partial charge is 0.310 e. The minimum atomic E-state index is 0.0484. The van der Waals surface area contributed by atoms with Crippen LogP contribution in [0, 0.1) is 0 Å². The average Bonchev–Trinajstić information content (AvgIpc) is 1.36. The fraction of sp³-hybridized carbons (Fsp3) is 1.00. The van der Waals surface area contributed by atoms with Gasteiger partial charge in [-0.2, -0.15) is 0 Å². The van der Waals surface area contributed by atoms with Gasteiger partial charge in [0, 0.05) is 0 Å².